The summed E-state index contributed by atoms with van der Waals surface area (Å²) in [4.78, 5) is 27.0. The fraction of sp³-hybridized carbons (Fsp3) is 0.393. The summed E-state index contributed by atoms with van der Waals surface area (Å²) in [5.74, 6) is 1.12. The zero-order valence-electron chi connectivity index (χ0n) is 21.6. The van der Waals surface area contributed by atoms with Crippen molar-refractivity contribution in [2.75, 3.05) is 26.8 Å². The van der Waals surface area contributed by atoms with E-state index in [4.69, 9.17) is 30.9 Å². The number of alkyl halides is 1. The molecule has 39 heavy (non-hydrogen) atoms. The molecule has 11 heteroatoms. The molecule has 0 aliphatic carbocycles. The van der Waals surface area contributed by atoms with Crippen LogP contribution in [0.15, 0.2) is 54.7 Å². The molecule has 2 fully saturated rings. The number of rotatable bonds is 9. The van der Waals surface area contributed by atoms with E-state index in [0.29, 0.717) is 27.2 Å². The number of aromatic nitrogens is 4. The second-order valence-corrected chi connectivity index (χ2v) is 13.1. The van der Waals surface area contributed by atoms with Crippen LogP contribution < -0.4 is 26.3 Å². The number of carbonyl (C=O) groups excluding carboxylic acids is 1. The Morgan fingerprint density at radius 2 is 1.92 bits per heavy atom. The van der Waals surface area contributed by atoms with E-state index in [1.165, 1.54) is 7.11 Å². The van der Waals surface area contributed by atoms with E-state index in [2.05, 4.69) is 18.8 Å². The van der Waals surface area contributed by atoms with Crippen LogP contribution in [0.1, 0.15) is 52.6 Å². The summed E-state index contributed by atoms with van der Waals surface area (Å²) in [5, 5.41) is 5.40. The summed E-state index contributed by atoms with van der Waals surface area (Å²) in [6.45, 7) is 3.98. The van der Waals surface area contributed by atoms with Gasteiger partial charge in [0.25, 0.3) is 0 Å². The molecule has 4 heterocycles. The van der Waals surface area contributed by atoms with Gasteiger partial charge in [-0.05, 0) is 17.7 Å². The first-order chi connectivity index (χ1) is 19.1. The van der Waals surface area contributed by atoms with Gasteiger partial charge in [0, 0.05) is 5.02 Å². The summed E-state index contributed by atoms with van der Waals surface area (Å²) in [5.41, 5.74) is 4.57. The minimum absolute atomic E-state index is 0.296. The molecule has 2 aliphatic heterocycles. The number of ether oxygens (including phenoxy) is 2. The number of methoxy groups -OCH3 is 1. The van der Waals surface area contributed by atoms with Gasteiger partial charge in [-0.15, -0.1) is 0 Å². The third kappa shape index (κ3) is 6.08. The Bertz CT molecular complexity index is 1440. The quantitative estimate of drug-likeness (QED) is 0.152. The monoisotopic (exact) mass is 662 g/mol. The molecule has 9 nitrogen and oxygen atoms in total. The number of hydrogen-bond donors (Lipinski definition) is 0. The van der Waals surface area contributed by atoms with Crippen LogP contribution in [-0.4, -0.2) is 59.5 Å². The van der Waals surface area contributed by atoms with Gasteiger partial charge < -0.3 is 0 Å². The van der Waals surface area contributed by atoms with Crippen molar-refractivity contribution >= 4 is 28.6 Å². The Morgan fingerprint density at radius 1 is 1.13 bits per heavy atom. The zero-order chi connectivity index (χ0) is 26.8. The zero-order valence-corrected chi connectivity index (χ0v) is 24.5. The molecular weight excluding hydrogens is 633 g/mol. The second-order valence-electron chi connectivity index (χ2n) is 9.76. The normalized spacial score (nSPS) is 18.4. The molecule has 2 aromatic carbocycles. The van der Waals surface area contributed by atoms with Gasteiger partial charge in [-0.3, -0.25) is 0 Å². The number of hydrogen-bond acceptors (Lipinski definition) is 7. The van der Waals surface area contributed by atoms with Gasteiger partial charge in [-0.2, -0.15) is 0 Å². The molecule has 0 amide bonds. The first kappa shape index (κ1) is 26.5. The van der Waals surface area contributed by atoms with E-state index < -0.39 is 21.5 Å². The molecule has 0 unspecified atom stereocenters. The van der Waals surface area contributed by atoms with Crippen molar-refractivity contribution in [1.82, 2.24) is 22.6 Å². The number of nitrogens with zero attached hydrogens (tertiary/aromatic N) is 5. The summed E-state index contributed by atoms with van der Waals surface area (Å²) in [6.07, 6.45) is 5.03. The molecule has 0 spiro atoms. The summed E-state index contributed by atoms with van der Waals surface area (Å²) in [6, 6.07) is 15.3. The number of likely N-dealkylation sites (tertiary alicyclic amines) is 1. The van der Waals surface area contributed by atoms with Crippen LogP contribution in [0.4, 0.5) is 0 Å². The Labute approximate surface area is 242 Å². The van der Waals surface area contributed by atoms with E-state index in [1.807, 2.05) is 42.6 Å². The van der Waals surface area contributed by atoms with Crippen LogP contribution >= 0.6 is 11.6 Å². The molecule has 4 aromatic rings. The van der Waals surface area contributed by atoms with Gasteiger partial charge in [-0.1, -0.05) is 23.7 Å². The van der Waals surface area contributed by atoms with E-state index >= 15 is 0 Å². The van der Waals surface area contributed by atoms with Crippen LogP contribution in [0.3, 0.4) is 0 Å². The Kier molecular flexibility index (Phi) is 8.05. The van der Waals surface area contributed by atoms with Crippen molar-refractivity contribution in [2.45, 2.75) is 42.4 Å². The van der Waals surface area contributed by atoms with E-state index in [9.17, 15) is 4.79 Å². The minimum atomic E-state index is -0.448. The first-order valence-electron chi connectivity index (χ1n) is 13.1. The molecule has 0 N–H and O–H groups in total. The van der Waals surface area contributed by atoms with Crippen molar-refractivity contribution in [1.29, 1.82) is 0 Å². The third-order valence-electron chi connectivity index (χ3n) is 7.17. The maximum atomic E-state index is 12.1. The predicted octanol–water partition coefficient (Wildman–Crippen LogP) is 1.28. The molecule has 2 aliphatic rings. The molecular formula is C28H30ClIN5O4-. The van der Waals surface area contributed by atoms with Gasteiger partial charge in [0.2, 0.25) is 0 Å². The Morgan fingerprint density at radius 3 is 2.64 bits per heavy atom. The third-order valence-corrected chi connectivity index (χ3v) is 10.7. The number of carbonyl (C=O) groups is 1. The summed E-state index contributed by atoms with van der Waals surface area (Å²) >= 11 is 5.52. The summed E-state index contributed by atoms with van der Waals surface area (Å²) in [7, 11) is 1.41. The number of esters is 1. The van der Waals surface area contributed by atoms with E-state index in [-0.39, 0.29) is 5.97 Å². The SMILES string of the molecule is COC(=O)c1ccc2nc(CN3CCC(c4ccn(OCc5ccc(Cl)cc5)n4)CC3)n([I-][C@@H]3CCO3)c2c1. The number of imidazole rings is 1. The predicted molar refractivity (Wildman–Crippen MR) is 142 cm³/mol. The average Bonchev–Trinajstić information content (AvgIpc) is 3.54. The Hall–Kier alpha value is -2.67. The molecule has 0 radical (unpaired) electrons. The topological polar surface area (TPSA) is 83.6 Å². The second kappa shape index (κ2) is 11.8. The molecule has 0 bridgehead atoms. The van der Waals surface area contributed by atoms with Crippen molar-refractivity contribution in [3.8, 4) is 0 Å². The van der Waals surface area contributed by atoms with Crippen LogP contribution in [0, 0.1) is 0 Å². The number of piperidine rings is 1. The summed E-state index contributed by atoms with van der Waals surface area (Å²) < 4.78 is 13.3. The fourth-order valence-electron chi connectivity index (χ4n) is 4.86. The van der Waals surface area contributed by atoms with Crippen molar-refractivity contribution in [3.05, 3.63) is 82.4 Å². The number of benzene rings is 2. The standard InChI is InChI=1S/C28H30ClIN5O4/c1-37-28(36)21-4-7-24-25(16-21)35(30-26-11-15-38-26)27(31-24)17-33-12-8-20(9-13-33)23-10-14-34(32-23)39-18-19-2-5-22(29)6-3-19/h2-7,10,14,16,20,26H,8-9,11-13,15,17-18H2,1H3/q-1/t26-/m0/s1. The van der Waals surface area contributed by atoms with Gasteiger partial charge in [-0.25, -0.2) is 0 Å². The van der Waals surface area contributed by atoms with Crippen LogP contribution in [-0.2, 0) is 22.6 Å². The van der Waals surface area contributed by atoms with Crippen molar-refractivity contribution < 1.29 is 40.6 Å². The molecule has 2 aromatic heterocycles. The average molecular weight is 663 g/mol. The van der Waals surface area contributed by atoms with Gasteiger partial charge in [0.05, 0.1) is 0 Å². The number of fused-ring (bicyclic) bond motifs is 1. The maximum absolute atomic E-state index is 12.1. The van der Waals surface area contributed by atoms with Gasteiger partial charge >= 0.3 is 197 Å². The van der Waals surface area contributed by atoms with Crippen molar-refractivity contribution in [2.24, 2.45) is 0 Å². The fourth-order valence-corrected chi connectivity index (χ4v) is 7.82. The Balaban J connectivity index is 1.09. The molecule has 2 saturated heterocycles. The van der Waals surface area contributed by atoms with Gasteiger partial charge in [0.1, 0.15) is 0 Å². The van der Waals surface area contributed by atoms with Crippen LogP contribution in [0.5, 0.6) is 0 Å². The molecule has 0 saturated carbocycles. The van der Waals surface area contributed by atoms with E-state index in [1.54, 1.807) is 10.9 Å². The van der Waals surface area contributed by atoms with Crippen molar-refractivity contribution in [3.63, 3.8) is 0 Å². The molecule has 1 atom stereocenters. The molecule has 6 rings (SSSR count). The molecule has 206 valence electrons. The van der Waals surface area contributed by atoms with E-state index in [0.717, 1.165) is 73.6 Å². The van der Waals surface area contributed by atoms with Crippen LogP contribution in [0.2, 0.25) is 5.02 Å². The van der Waals surface area contributed by atoms with Crippen LogP contribution in [0.25, 0.3) is 11.0 Å². The first-order valence-corrected chi connectivity index (χ1v) is 15.7. The number of halogens is 2. The van der Waals surface area contributed by atoms with Gasteiger partial charge in [0.15, 0.2) is 0 Å².